The van der Waals surface area contributed by atoms with Crippen LogP contribution >= 0.6 is 23.2 Å². The van der Waals surface area contributed by atoms with Crippen molar-refractivity contribution in [3.8, 4) is 0 Å². The fraction of sp³-hybridized carbons (Fsp3) is 0.538. The van der Waals surface area contributed by atoms with Gasteiger partial charge in [0.2, 0.25) is 10.0 Å². The largest absolute Gasteiger partial charge is 0.373 e. The third kappa shape index (κ3) is 2.97. The van der Waals surface area contributed by atoms with Crippen LogP contribution in [0.2, 0.25) is 10.0 Å². The quantitative estimate of drug-likeness (QED) is 0.832. The lowest BCUT2D eigenvalue weighted by Gasteiger charge is -2.34. The van der Waals surface area contributed by atoms with Crippen LogP contribution in [-0.2, 0) is 14.8 Å². The second-order valence-corrected chi connectivity index (χ2v) is 7.76. The van der Waals surface area contributed by atoms with Gasteiger partial charge in [-0.2, -0.15) is 4.31 Å². The van der Waals surface area contributed by atoms with Gasteiger partial charge in [0.25, 0.3) is 0 Å². The van der Waals surface area contributed by atoms with E-state index in [0.717, 1.165) is 0 Å². The molecule has 1 saturated heterocycles. The lowest BCUT2D eigenvalue weighted by Crippen LogP contribution is -2.48. The third-order valence-corrected chi connectivity index (χ3v) is 6.17. The normalized spacial score (nSPS) is 24.9. The zero-order valence-corrected chi connectivity index (χ0v) is 13.9. The third-order valence-electron chi connectivity index (χ3n) is 3.29. The number of hydrogen-bond acceptors (Lipinski definition) is 3. The van der Waals surface area contributed by atoms with Gasteiger partial charge in [0.05, 0.1) is 17.2 Å². The van der Waals surface area contributed by atoms with Crippen molar-refractivity contribution in [2.24, 2.45) is 0 Å². The Bertz CT molecular complexity index is 608. The summed E-state index contributed by atoms with van der Waals surface area (Å²) in [4.78, 5) is 0.0994. The molecule has 4 nitrogen and oxygen atoms in total. The Morgan fingerprint density at radius 1 is 1.20 bits per heavy atom. The fourth-order valence-electron chi connectivity index (χ4n) is 2.30. The van der Waals surface area contributed by atoms with Gasteiger partial charge in [-0.05, 0) is 38.5 Å². The maximum atomic E-state index is 12.7. The predicted octanol–water partition coefficient (Wildman–Crippen LogP) is 3.10. The van der Waals surface area contributed by atoms with Crippen LogP contribution in [0.15, 0.2) is 17.0 Å². The molecule has 20 heavy (non-hydrogen) atoms. The summed E-state index contributed by atoms with van der Waals surface area (Å²) in [5, 5.41) is 0.641. The summed E-state index contributed by atoms with van der Waals surface area (Å²) in [5.74, 6) is 0. The van der Waals surface area contributed by atoms with Gasteiger partial charge >= 0.3 is 0 Å². The monoisotopic (exact) mass is 337 g/mol. The molecule has 1 aromatic rings. The van der Waals surface area contributed by atoms with E-state index in [-0.39, 0.29) is 22.1 Å². The maximum absolute atomic E-state index is 12.7. The standard InChI is InChI=1S/C13H17Cl2NO3S/c1-8-6-16(7-9(2)19-8)20(17,18)12-5-4-11(14)10(3)13(12)15/h4-5,8-9H,6-7H2,1-3H3/t8-,9-/m0/s1. The summed E-state index contributed by atoms with van der Waals surface area (Å²) >= 11 is 12.1. The second-order valence-electron chi connectivity index (χ2n) is 5.06. The van der Waals surface area contributed by atoms with E-state index in [9.17, 15) is 8.42 Å². The maximum Gasteiger partial charge on any atom is 0.244 e. The van der Waals surface area contributed by atoms with Gasteiger partial charge in [0, 0.05) is 18.1 Å². The molecule has 1 fully saturated rings. The van der Waals surface area contributed by atoms with E-state index in [1.54, 1.807) is 13.0 Å². The van der Waals surface area contributed by atoms with Crippen molar-refractivity contribution in [2.75, 3.05) is 13.1 Å². The highest BCUT2D eigenvalue weighted by Crippen LogP contribution is 2.32. The van der Waals surface area contributed by atoms with Crippen molar-refractivity contribution in [2.45, 2.75) is 37.9 Å². The van der Waals surface area contributed by atoms with Crippen molar-refractivity contribution in [1.82, 2.24) is 4.31 Å². The van der Waals surface area contributed by atoms with Crippen LogP contribution in [0.25, 0.3) is 0 Å². The molecule has 112 valence electrons. The van der Waals surface area contributed by atoms with Gasteiger partial charge in [-0.25, -0.2) is 8.42 Å². The number of morpholine rings is 1. The van der Waals surface area contributed by atoms with Crippen LogP contribution < -0.4 is 0 Å². The minimum Gasteiger partial charge on any atom is -0.373 e. The summed E-state index contributed by atoms with van der Waals surface area (Å²) < 4.78 is 32.4. The Kier molecular flexibility index (Phi) is 4.66. The molecule has 1 aromatic carbocycles. The van der Waals surface area contributed by atoms with E-state index >= 15 is 0 Å². The molecule has 0 radical (unpaired) electrons. The number of benzene rings is 1. The first-order chi connectivity index (χ1) is 9.23. The highest BCUT2D eigenvalue weighted by Gasteiger charge is 2.33. The average Bonchev–Trinajstić information content (AvgIpc) is 2.34. The zero-order valence-electron chi connectivity index (χ0n) is 11.6. The minimum absolute atomic E-state index is 0.0994. The lowest BCUT2D eigenvalue weighted by atomic mass is 10.2. The first-order valence-corrected chi connectivity index (χ1v) is 8.53. The van der Waals surface area contributed by atoms with Crippen molar-refractivity contribution in [1.29, 1.82) is 0 Å². The van der Waals surface area contributed by atoms with E-state index in [2.05, 4.69) is 0 Å². The van der Waals surface area contributed by atoms with Gasteiger partial charge in [-0.1, -0.05) is 23.2 Å². The molecule has 1 heterocycles. The summed E-state index contributed by atoms with van der Waals surface area (Å²) in [7, 11) is -3.64. The highest BCUT2D eigenvalue weighted by atomic mass is 35.5. The molecule has 0 unspecified atom stereocenters. The molecular weight excluding hydrogens is 321 g/mol. The van der Waals surface area contributed by atoms with Gasteiger partial charge in [0.15, 0.2) is 0 Å². The number of rotatable bonds is 2. The van der Waals surface area contributed by atoms with E-state index in [1.165, 1.54) is 10.4 Å². The summed E-state index contributed by atoms with van der Waals surface area (Å²) in [6.07, 6.45) is -0.276. The Morgan fingerprint density at radius 2 is 1.75 bits per heavy atom. The lowest BCUT2D eigenvalue weighted by molar-refractivity contribution is -0.0440. The Morgan fingerprint density at radius 3 is 2.30 bits per heavy atom. The van der Waals surface area contributed by atoms with E-state index in [0.29, 0.717) is 23.7 Å². The molecule has 0 amide bonds. The Balaban J connectivity index is 2.43. The zero-order chi connectivity index (χ0) is 15.1. The summed E-state index contributed by atoms with van der Waals surface area (Å²) in [6.45, 7) is 6.06. The van der Waals surface area contributed by atoms with Crippen LogP contribution in [0, 0.1) is 6.92 Å². The molecule has 0 aliphatic carbocycles. The van der Waals surface area contributed by atoms with E-state index in [4.69, 9.17) is 27.9 Å². The molecular formula is C13H17Cl2NO3S. The number of nitrogens with zero attached hydrogens (tertiary/aromatic N) is 1. The molecule has 1 aliphatic rings. The van der Waals surface area contributed by atoms with Crippen LogP contribution in [0.3, 0.4) is 0 Å². The van der Waals surface area contributed by atoms with Gasteiger partial charge in [-0.3, -0.25) is 0 Å². The van der Waals surface area contributed by atoms with E-state index in [1.807, 2.05) is 13.8 Å². The topological polar surface area (TPSA) is 46.6 Å². The molecule has 2 atom stereocenters. The van der Waals surface area contributed by atoms with Crippen molar-refractivity contribution in [3.05, 3.63) is 27.7 Å². The molecule has 0 spiro atoms. The van der Waals surface area contributed by atoms with E-state index < -0.39 is 10.0 Å². The number of halogens is 2. The highest BCUT2D eigenvalue weighted by molar-refractivity contribution is 7.89. The fourth-order valence-corrected chi connectivity index (χ4v) is 4.68. The molecule has 0 aromatic heterocycles. The first-order valence-electron chi connectivity index (χ1n) is 6.33. The molecule has 0 N–H and O–H groups in total. The first kappa shape index (κ1) is 16.0. The molecule has 0 saturated carbocycles. The summed E-state index contributed by atoms with van der Waals surface area (Å²) in [5.41, 5.74) is 0.573. The number of ether oxygens (including phenoxy) is 1. The van der Waals surface area contributed by atoms with Crippen LogP contribution in [0.5, 0.6) is 0 Å². The Hall–Kier alpha value is -0.330. The van der Waals surface area contributed by atoms with Crippen LogP contribution in [0.1, 0.15) is 19.4 Å². The number of sulfonamides is 1. The minimum atomic E-state index is -3.64. The molecule has 2 rings (SSSR count). The Labute approximate surface area is 129 Å². The van der Waals surface area contributed by atoms with Gasteiger partial charge in [-0.15, -0.1) is 0 Å². The molecule has 7 heteroatoms. The predicted molar refractivity (Wildman–Crippen MR) is 80.0 cm³/mol. The second kappa shape index (κ2) is 5.81. The van der Waals surface area contributed by atoms with Crippen molar-refractivity contribution in [3.63, 3.8) is 0 Å². The van der Waals surface area contributed by atoms with Crippen molar-refractivity contribution >= 4 is 33.2 Å². The molecule has 0 bridgehead atoms. The van der Waals surface area contributed by atoms with Crippen LogP contribution in [0.4, 0.5) is 0 Å². The smallest absolute Gasteiger partial charge is 0.244 e. The van der Waals surface area contributed by atoms with Crippen molar-refractivity contribution < 1.29 is 13.2 Å². The van der Waals surface area contributed by atoms with Crippen LogP contribution in [-0.4, -0.2) is 38.0 Å². The summed E-state index contributed by atoms with van der Waals surface area (Å²) in [6, 6.07) is 3.01. The average molecular weight is 338 g/mol. The van der Waals surface area contributed by atoms with Gasteiger partial charge < -0.3 is 4.74 Å². The number of hydrogen-bond donors (Lipinski definition) is 0. The van der Waals surface area contributed by atoms with Gasteiger partial charge in [0.1, 0.15) is 4.90 Å². The molecule has 1 aliphatic heterocycles. The SMILES string of the molecule is Cc1c(Cl)ccc(S(=O)(=O)N2C[C@H](C)O[C@@H](C)C2)c1Cl.